The van der Waals surface area contributed by atoms with Crippen LogP contribution in [0.15, 0.2) is 42.5 Å². The van der Waals surface area contributed by atoms with Gasteiger partial charge in [0.1, 0.15) is 11.6 Å². The predicted octanol–water partition coefficient (Wildman–Crippen LogP) is 3.36. The molecule has 0 saturated heterocycles. The van der Waals surface area contributed by atoms with Gasteiger partial charge in [0.15, 0.2) is 0 Å². The standard InChI is InChI=1S/C18H20FNO3S/c1-13-9-15-5-8-17(23-2)10-18(15)20(11-13)24(21,22)12-14-3-6-16(19)7-4-14/h3-8,10,13H,9,11-12H2,1-2H3. The van der Waals surface area contributed by atoms with Crippen molar-refractivity contribution in [2.45, 2.75) is 19.1 Å². The lowest BCUT2D eigenvalue weighted by Gasteiger charge is -2.34. The largest absolute Gasteiger partial charge is 0.497 e. The number of hydrogen-bond donors (Lipinski definition) is 0. The molecule has 0 aliphatic carbocycles. The number of methoxy groups -OCH3 is 1. The monoisotopic (exact) mass is 349 g/mol. The Morgan fingerprint density at radius 3 is 2.58 bits per heavy atom. The van der Waals surface area contributed by atoms with Gasteiger partial charge in [-0.25, -0.2) is 12.8 Å². The summed E-state index contributed by atoms with van der Waals surface area (Å²) < 4.78 is 45.6. The molecule has 1 atom stereocenters. The summed E-state index contributed by atoms with van der Waals surface area (Å²) in [5.41, 5.74) is 2.24. The summed E-state index contributed by atoms with van der Waals surface area (Å²) in [6.07, 6.45) is 0.835. The molecule has 6 heteroatoms. The van der Waals surface area contributed by atoms with E-state index in [0.29, 0.717) is 23.5 Å². The van der Waals surface area contributed by atoms with Crippen LogP contribution in [0.25, 0.3) is 0 Å². The molecule has 1 unspecified atom stereocenters. The number of ether oxygens (including phenoxy) is 1. The number of benzene rings is 2. The van der Waals surface area contributed by atoms with Crippen molar-refractivity contribution in [1.82, 2.24) is 0 Å². The average Bonchev–Trinajstić information content (AvgIpc) is 2.55. The van der Waals surface area contributed by atoms with Crippen molar-refractivity contribution >= 4 is 15.7 Å². The van der Waals surface area contributed by atoms with E-state index in [1.165, 1.54) is 28.6 Å². The summed E-state index contributed by atoms with van der Waals surface area (Å²) in [6.45, 7) is 2.47. The maximum absolute atomic E-state index is 13.0. The van der Waals surface area contributed by atoms with E-state index >= 15 is 0 Å². The summed E-state index contributed by atoms with van der Waals surface area (Å²) >= 11 is 0. The molecule has 1 aliphatic heterocycles. The van der Waals surface area contributed by atoms with Crippen LogP contribution < -0.4 is 9.04 Å². The third-order valence-corrected chi connectivity index (χ3v) is 5.92. The molecule has 0 radical (unpaired) electrons. The summed E-state index contributed by atoms with van der Waals surface area (Å²) in [5, 5.41) is 0. The number of fused-ring (bicyclic) bond motifs is 1. The van der Waals surface area contributed by atoms with Crippen LogP contribution in [0.1, 0.15) is 18.1 Å². The highest BCUT2D eigenvalue weighted by Crippen LogP contribution is 2.35. The number of halogens is 1. The smallest absolute Gasteiger partial charge is 0.239 e. The zero-order valence-corrected chi connectivity index (χ0v) is 14.5. The third kappa shape index (κ3) is 3.38. The van der Waals surface area contributed by atoms with E-state index in [9.17, 15) is 12.8 Å². The highest BCUT2D eigenvalue weighted by molar-refractivity contribution is 7.92. The zero-order chi connectivity index (χ0) is 17.3. The minimum atomic E-state index is -3.57. The minimum absolute atomic E-state index is 0.156. The Hall–Kier alpha value is -2.08. The fourth-order valence-corrected chi connectivity index (χ4v) is 4.75. The van der Waals surface area contributed by atoms with Gasteiger partial charge in [-0.05, 0) is 41.7 Å². The van der Waals surface area contributed by atoms with Crippen molar-refractivity contribution in [2.24, 2.45) is 5.92 Å². The maximum Gasteiger partial charge on any atom is 0.239 e. The Labute approximate surface area is 141 Å². The Balaban J connectivity index is 1.97. The Morgan fingerprint density at radius 2 is 1.92 bits per heavy atom. The summed E-state index contributed by atoms with van der Waals surface area (Å²) in [6, 6.07) is 11.1. The molecular weight excluding hydrogens is 329 g/mol. The van der Waals surface area contributed by atoms with Crippen LogP contribution in [-0.2, 0) is 22.2 Å². The third-order valence-electron chi connectivity index (χ3n) is 4.21. The molecule has 0 aromatic heterocycles. The van der Waals surface area contributed by atoms with Gasteiger partial charge >= 0.3 is 0 Å². The summed E-state index contributed by atoms with van der Waals surface area (Å²) in [5.74, 6) is 0.327. The SMILES string of the molecule is COc1ccc2c(c1)N(S(=O)(=O)Cc1ccc(F)cc1)CC(C)C2. The average molecular weight is 349 g/mol. The lowest BCUT2D eigenvalue weighted by Crippen LogP contribution is -2.39. The number of sulfonamides is 1. The molecule has 0 N–H and O–H groups in total. The van der Waals surface area contributed by atoms with E-state index in [-0.39, 0.29) is 17.5 Å². The molecule has 0 spiro atoms. The molecule has 1 aliphatic rings. The normalized spacial score (nSPS) is 17.5. The molecule has 4 nitrogen and oxygen atoms in total. The first kappa shape index (κ1) is 16.8. The molecule has 24 heavy (non-hydrogen) atoms. The number of hydrogen-bond acceptors (Lipinski definition) is 3. The van der Waals surface area contributed by atoms with Gasteiger partial charge in [-0.15, -0.1) is 0 Å². The Kier molecular flexibility index (Phi) is 4.49. The summed E-state index contributed by atoms with van der Waals surface area (Å²) in [7, 11) is -2.01. The second-order valence-electron chi connectivity index (χ2n) is 6.22. The lowest BCUT2D eigenvalue weighted by atomic mass is 9.95. The van der Waals surface area contributed by atoms with Crippen LogP contribution in [0.2, 0.25) is 0 Å². The van der Waals surface area contributed by atoms with Crippen molar-refractivity contribution in [3.8, 4) is 5.75 Å². The highest BCUT2D eigenvalue weighted by atomic mass is 32.2. The molecular formula is C18H20FNO3S. The molecule has 0 saturated carbocycles. The Morgan fingerprint density at radius 1 is 1.21 bits per heavy atom. The van der Waals surface area contributed by atoms with Crippen molar-refractivity contribution < 1.29 is 17.5 Å². The van der Waals surface area contributed by atoms with Crippen LogP contribution in [0.3, 0.4) is 0 Å². The number of nitrogens with zero attached hydrogens (tertiary/aromatic N) is 1. The van der Waals surface area contributed by atoms with Crippen LogP contribution in [-0.4, -0.2) is 22.1 Å². The lowest BCUT2D eigenvalue weighted by molar-refractivity contribution is 0.414. The van der Waals surface area contributed by atoms with Gasteiger partial charge in [-0.2, -0.15) is 0 Å². The topological polar surface area (TPSA) is 46.6 Å². The molecule has 3 rings (SSSR count). The van der Waals surface area contributed by atoms with Gasteiger partial charge in [-0.3, -0.25) is 4.31 Å². The first-order chi connectivity index (χ1) is 11.4. The maximum atomic E-state index is 13.0. The zero-order valence-electron chi connectivity index (χ0n) is 13.7. The van der Waals surface area contributed by atoms with Crippen molar-refractivity contribution in [2.75, 3.05) is 18.0 Å². The fraction of sp³-hybridized carbons (Fsp3) is 0.333. The molecule has 0 fully saturated rings. The van der Waals surface area contributed by atoms with Gasteiger partial charge < -0.3 is 4.74 Å². The minimum Gasteiger partial charge on any atom is -0.497 e. The van der Waals surface area contributed by atoms with E-state index in [1.54, 1.807) is 13.2 Å². The number of rotatable bonds is 4. The van der Waals surface area contributed by atoms with Gasteiger partial charge in [0.05, 0.1) is 18.6 Å². The second-order valence-corrected chi connectivity index (χ2v) is 8.11. The molecule has 1 heterocycles. The van der Waals surface area contributed by atoms with Gasteiger partial charge in [0, 0.05) is 12.6 Å². The first-order valence-electron chi connectivity index (χ1n) is 7.81. The van der Waals surface area contributed by atoms with Crippen molar-refractivity contribution in [3.63, 3.8) is 0 Å². The molecule has 2 aromatic carbocycles. The molecule has 0 bridgehead atoms. The van der Waals surface area contributed by atoms with E-state index in [2.05, 4.69) is 0 Å². The van der Waals surface area contributed by atoms with E-state index in [1.807, 2.05) is 19.1 Å². The quantitative estimate of drug-likeness (QED) is 0.850. The van der Waals surface area contributed by atoms with Crippen LogP contribution in [0.5, 0.6) is 5.75 Å². The van der Waals surface area contributed by atoms with Crippen molar-refractivity contribution in [1.29, 1.82) is 0 Å². The van der Waals surface area contributed by atoms with Crippen LogP contribution in [0, 0.1) is 11.7 Å². The van der Waals surface area contributed by atoms with Gasteiger partial charge in [0.2, 0.25) is 10.0 Å². The van der Waals surface area contributed by atoms with Crippen LogP contribution in [0.4, 0.5) is 10.1 Å². The van der Waals surface area contributed by atoms with Crippen molar-refractivity contribution in [3.05, 3.63) is 59.4 Å². The van der Waals surface area contributed by atoms with Crippen LogP contribution >= 0.6 is 0 Å². The predicted molar refractivity (Wildman–Crippen MR) is 92.2 cm³/mol. The van der Waals surface area contributed by atoms with E-state index < -0.39 is 10.0 Å². The first-order valence-corrected chi connectivity index (χ1v) is 9.42. The fourth-order valence-electron chi connectivity index (χ4n) is 3.03. The van der Waals surface area contributed by atoms with E-state index in [0.717, 1.165) is 12.0 Å². The Bertz CT molecular complexity index is 834. The molecule has 2 aromatic rings. The second kappa shape index (κ2) is 6.43. The van der Waals surface area contributed by atoms with E-state index in [4.69, 9.17) is 4.74 Å². The molecule has 0 amide bonds. The molecule has 128 valence electrons. The van der Waals surface area contributed by atoms with Gasteiger partial charge in [0.25, 0.3) is 0 Å². The summed E-state index contributed by atoms with van der Waals surface area (Å²) in [4.78, 5) is 0. The van der Waals surface area contributed by atoms with Gasteiger partial charge in [-0.1, -0.05) is 25.1 Å². The highest BCUT2D eigenvalue weighted by Gasteiger charge is 2.31. The number of anilines is 1.